The fourth-order valence-corrected chi connectivity index (χ4v) is 2.67. The van der Waals surface area contributed by atoms with E-state index in [-0.39, 0.29) is 11.6 Å². The summed E-state index contributed by atoms with van der Waals surface area (Å²) in [6.45, 7) is 0.989. The molecule has 1 N–H and O–H groups in total. The van der Waals surface area contributed by atoms with E-state index in [0.29, 0.717) is 13.1 Å². The van der Waals surface area contributed by atoms with E-state index in [2.05, 4.69) is 16.6 Å². The van der Waals surface area contributed by atoms with Gasteiger partial charge in [0.05, 0.1) is 11.8 Å². The first-order chi connectivity index (χ1) is 11.8. The molecule has 0 saturated carbocycles. The average Bonchev–Trinajstić information content (AvgIpc) is 2.95. The highest BCUT2D eigenvalue weighted by Gasteiger charge is 2.36. The number of nitrogens with one attached hydrogen (secondary N) is 1. The molecule has 1 saturated heterocycles. The molecule has 0 aromatic heterocycles. The van der Waals surface area contributed by atoms with E-state index in [0.717, 1.165) is 12.1 Å². The van der Waals surface area contributed by atoms with Crippen LogP contribution < -0.4 is 5.43 Å². The Morgan fingerprint density at radius 3 is 2.46 bits per heavy atom. The second-order valence-electron chi connectivity index (χ2n) is 5.64. The SMILES string of the molecule is N#C[C@@H]1CN(CCc2ccccc2)C(=O)/C1=N/Nc1ccccc1. The molecule has 0 spiro atoms. The van der Waals surface area contributed by atoms with Gasteiger partial charge in [-0.15, -0.1) is 0 Å². The Bertz CT molecular complexity index is 765. The summed E-state index contributed by atoms with van der Waals surface area (Å²) in [6.07, 6.45) is 0.768. The Morgan fingerprint density at radius 1 is 1.12 bits per heavy atom. The molecule has 1 heterocycles. The maximum absolute atomic E-state index is 12.5. The van der Waals surface area contributed by atoms with Crippen molar-refractivity contribution in [2.75, 3.05) is 18.5 Å². The topological polar surface area (TPSA) is 68.5 Å². The fraction of sp³-hybridized carbons (Fsp3) is 0.211. The minimum atomic E-state index is -0.496. The zero-order valence-electron chi connectivity index (χ0n) is 13.2. The van der Waals surface area contributed by atoms with Crippen LogP contribution in [0.1, 0.15) is 5.56 Å². The molecule has 1 atom stereocenters. The molecular weight excluding hydrogens is 300 g/mol. The molecule has 2 aromatic carbocycles. The average molecular weight is 318 g/mol. The van der Waals surface area contributed by atoms with Crippen LogP contribution >= 0.6 is 0 Å². The molecule has 0 bridgehead atoms. The van der Waals surface area contributed by atoms with Gasteiger partial charge in [0.15, 0.2) is 0 Å². The summed E-state index contributed by atoms with van der Waals surface area (Å²) in [5.41, 5.74) is 5.11. The summed E-state index contributed by atoms with van der Waals surface area (Å²) in [5.74, 6) is -0.662. The van der Waals surface area contributed by atoms with Crippen molar-refractivity contribution >= 4 is 17.3 Å². The van der Waals surface area contributed by atoms with Gasteiger partial charge in [-0.05, 0) is 24.1 Å². The van der Waals surface area contributed by atoms with Crippen LogP contribution in [0.2, 0.25) is 0 Å². The van der Waals surface area contributed by atoms with E-state index in [4.69, 9.17) is 0 Å². The van der Waals surface area contributed by atoms with Gasteiger partial charge in [-0.1, -0.05) is 48.5 Å². The van der Waals surface area contributed by atoms with Crippen LogP contribution in [0.5, 0.6) is 0 Å². The van der Waals surface area contributed by atoms with Gasteiger partial charge in [-0.3, -0.25) is 10.2 Å². The molecule has 1 amide bonds. The van der Waals surface area contributed by atoms with E-state index in [1.54, 1.807) is 4.90 Å². The van der Waals surface area contributed by atoms with Gasteiger partial charge in [0.1, 0.15) is 11.6 Å². The van der Waals surface area contributed by atoms with Crippen LogP contribution in [0, 0.1) is 17.2 Å². The Morgan fingerprint density at radius 2 is 1.79 bits per heavy atom. The first-order valence-corrected chi connectivity index (χ1v) is 7.89. The molecule has 5 nitrogen and oxygen atoms in total. The summed E-state index contributed by atoms with van der Waals surface area (Å²) in [5, 5.41) is 13.5. The number of benzene rings is 2. The highest BCUT2D eigenvalue weighted by atomic mass is 16.2. The summed E-state index contributed by atoms with van der Waals surface area (Å²) in [6, 6.07) is 21.6. The van der Waals surface area contributed by atoms with Gasteiger partial charge >= 0.3 is 0 Å². The summed E-state index contributed by atoms with van der Waals surface area (Å²) < 4.78 is 0. The summed E-state index contributed by atoms with van der Waals surface area (Å²) in [7, 11) is 0. The number of hydrogen-bond acceptors (Lipinski definition) is 4. The van der Waals surface area contributed by atoms with E-state index in [1.807, 2.05) is 60.7 Å². The molecule has 5 heteroatoms. The molecular formula is C19H18N4O. The number of likely N-dealkylation sites (tertiary alicyclic amines) is 1. The Kier molecular flexibility index (Phi) is 4.87. The second kappa shape index (κ2) is 7.42. The largest absolute Gasteiger partial charge is 0.335 e. The molecule has 0 radical (unpaired) electrons. The first-order valence-electron chi connectivity index (χ1n) is 7.89. The lowest BCUT2D eigenvalue weighted by Gasteiger charge is -2.14. The summed E-state index contributed by atoms with van der Waals surface area (Å²) >= 11 is 0. The van der Waals surface area contributed by atoms with Crippen LogP contribution in [0.15, 0.2) is 65.8 Å². The molecule has 24 heavy (non-hydrogen) atoms. The van der Waals surface area contributed by atoms with Gasteiger partial charge in [-0.2, -0.15) is 10.4 Å². The van der Waals surface area contributed by atoms with Crippen molar-refractivity contribution in [1.29, 1.82) is 5.26 Å². The predicted octanol–water partition coefficient (Wildman–Crippen LogP) is 2.68. The highest BCUT2D eigenvalue weighted by Crippen LogP contribution is 2.17. The third-order valence-electron chi connectivity index (χ3n) is 3.99. The zero-order chi connectivity index (χ0) is 16.8. The first kappa shape index (κ1) is 15.8. The monoisotopic (exact) mass is 318 g/mol. The number of nitrogens with zero attached hydrogens (tertiary/aromatic N) is 3. The van der Waals surface area contributed by atoms with Gasteiger partial charge in [0.25, 0.3) is 5.91 Å². The van der Waals surface area contributed by atoms with E-state index in [9.17, 15) is 10.1 Å². The van der Waals surface area contributed by atoms with E-state index in [1.165, 1.54) is 5.56 Å². The second-order valence-corrected chi connectivity index (χ2v) is 5.64. The smallest absolute Gasteiger partial charge is 0.271 e. The van der Waals surface area contributed by atoms with Crippen molar-refractivity contribution in [3.8, 4) is 6.07 Å². The van der Waals surface area contributed by atoms with Crippen LogP contribution in [0.4, 0.5) is 5.69 Å². The van der Waals surface area contributed by atoms with Crippen LogP contribution in [0.3, 0.4) is 0 Å². The Balaban J connectivity index is 1.67. The third kappa shape index (κ3) is 3.61. The van der Waals surface area contributed by atoms with Crippen molar-refractivity contribution in [3.63, 3.8) is 0 Å². The Hall–Kier alpha value is -3.13. The number of hydrogen-bond donors (Lipinski definition) is 1. The molecule has 1 fully saturated rings. The molecule has 3 rings (SSSR count). The Labute approximate surface area is 141 Å². The number of para-hydroxylation sites is 1. The number of anilines is 1. The van der Waals surface area contributed by atoms with Crippen molar-refractivity contribution < 1.29 is 4.79 Å². The van der Waals surface area contributed by atoms with Crippen LogP contribution in [-0.4, -0.2) is 29.6 Å². The number of hydrazone groups is 1. The van der Waals surface area contributed by atoms with Crippen molar-refractivity contribution in [3.05, 3.63) is 66.2 Å². The zero-order valence-corrected chi connectivity index (χ0v) is 13.2. The van der Waals surface area contributed by atoms with Gasteiger partial charge in [0, 0.05) is 13.1 Å². The van der Waals surface area contributed by atoms with Crippen molar-refractivity contribution in [2.24, 2.45) is 11.0 Å². The molecule has 2 aromatic rings. The normalized spacial score (nSPS) is 18.6. The number of amides is 1. The van der Waals surface area contributed by atoms with Crippen LogP contribution in [-0.2, 0) is 11.2 Å². The fourth-order valence-electron chi connectivity index (χ4n) is 2.67. The van der Waals surface area contributed by atoms with Crippen molar-refractivity contribution in [1.82, 2.24) is 4.90 Å². The predicted molar refractivity (Wildman–Crippen MR) is 93.3 cm³/mol. The number of carbonyl (C=O) groups is 1. The lowest BCUT2D eigenvalue weighted by molar-refractivity contribution is -0.122. The lowest BCUT2D eigenvalue weighted by Crippen LogP contribution is -2.29. The van der Waals surface area contributed by atoms with E-state index < -0.39 is 5.92 Å². The minimum Gasteiger partial charge on any atom is -0.335 e. The van der Waals surface area contributed by atoms with Gasteiger partial charge < -0.3 is 4.90 Å². The summed E-state index contributed by atoms with van der Waals surface area (Å²) in [4.78, 5) is 14.2. The minimum absolute atomic E-state index is 0.166. The molecule has 1 aliphatic heterocycles. The maximum Gasteiger partial charge on any atom is 0.271 e. The third-order valence-corrected chi connectivity index (χ3v) is 3.99. The molecule has 120 valence electrons. The standard InChI is InChI=1S/C19H18N4O/c20-13-16-14-23(12-11-15-7-3-1-4-8-15)19(24)18(16)22-21-17-9-5-2-6-10-17/h1-10,16,21H,11-12,14H2/b22-18+/t16-/m1/s1. The van der Waals surface area contributed by atoms with E-state index >= 15 is 0 Å². The van der Waals surface area contributed by atoms with Gasteiger partial charge in [-0.25, -0.2) is 0 Å². The van der Waals surface area contributed by atoms with Crippen molar-refractivity contribution in [2.45, 2.75) is 6.42 Å². The van der Waals surface area contributed by atoms with Crippen LogP contribution in [0.25, 0.3) is 0 Å². The quantitative estimate of drug-likeness (QED) is 0.862. The lowest BCUT2D eigenvalue weighted by atomic mass is 10.1. The highest BCUT2D eigenvalue weighted by molar-refractivity contribution is 6.42. The number of nitriles is 1. The number of carbonyl (C=O) groups excluding carboxylic acids is 1. The van der Waals surface area contributed by atoms with Gasteiger partial charge in [0.2, 0.25) is 0 Å². The molecule has 0 unspecified atom stereocenters. The molecule has 1 aliphatic rings. The number of rotatable bonds is 5. The maximum atomic E-state index is 12.5. The molecule has 0 aliphatic carbocycles.